The molecule has 6 rings (SSSR count). The zero-order chi connectivity index (χ0) is 14.7. The molecule has 4 aliphatic rings. The van der Waals surface area contributed by atoms with Crippen molar-refractivity contribution in [3.8, 4) is 0 Å². The lowest BCUT2D eigenvalue weighted by atomic mass is 9.77. The average Bonchev–Trinajstić information content (AvgIpc) is 3.18. The Bertz CT molecular complexity index is 743. The molecular formula is C17H19N3OS. The molecule has 2 aromatic rings. The standard InChI is InChI=1S/C17H19N3OS/c21-16(12-1-2-14-13(9-12)18-10-22-14)19-15-11-3-7-20(8-4-11)17(15)5-6-17/h1-2,9-11,15H,3-8H2,(H,19,21). The molecule has 1 atom stereocenters. The summed E-state index contributed by atoms with van der Waals surface area (Å²) in [5, 5.41) is 3.37. The van der Waals surface area contributed by atoms with Gasteiger partial charge >= 0.3 is 0 Å². The second-order valence-corrected chi connectivity index (χ2v) is 7.80. The van der Waals surface area contributed by atoms with Gasteiger partial charge in [-0.15, -0.1) is 11.3 Å². The first-order valence-corrected chi connectivity index (χ1v) is 9.03. The van der Waals surface area contributed by atoms with Gasteiger partial charge in [-0.05, 0) is 62.9 Å². The predicted molar refractivity (Wildman–Crippen MR) is 87.1 cm³/mol. The van der Waals surface area contributed by atoms with Crippen molar-refractivity contribution in [1.82, 2.24) is 15.2 Å². The lowest BCUT2D eigenvalue weighted by Gasteiger charge is -2.52. The number of piperidine rings is 3. The summed E-state index contributed by atoms with van der Waals surface area (Å²) in [5.41, 5.74) is 3.79. The van der Waals surface area contributed by atoms with Crippen molar-refractivity contribution < 1.29 is 4.79 Å². The number of aromatic nitrogens is 1. The normalized spacial score (nSPS) is 31.5. The Labute approximate surface area is 133 Å². The van der Waals surface area contributed by atoms with Gasteiger partial charge in [-0.25, -0.2) is 4.98 Å². The van der Waals surface area contributed by atoms with E-state index in [-0.39, 0.29) is 5.91 Å². The Morgan fingerprint density at radius 3 is 2.91 bits per heavy atom. The van der Waals surface area contributed by atoms with Gasteiger partial charge in [0.2, 0.25) is 0 Å². The maximum atomic E-state index is 12.7. The maximum Gasteiger partial charge on any atom is 0.251 e. The SMILES string of the molecule is O=C(NC1C2CCN(CC2)C12CC2)c1ccc2scnc2c1. The number of nitrogens with one attached hydrogen (secondary N) is 1. The van der Waals surface area contributed by atoms with Gasteiger partial charge in [0.15, 0.2) is 0 Å². The summed E-state index contributed by atoms with van der Waals surface area (Å²) in [6, 6.07) is 6.19. The number of carbonyl (C=O) groups excluding carboxylic acids is 1. The quantitative estimate of drug-likeness (QED) is 0.927. The largest absolute Gasteiger partial charge is 0.347 e. The van der Waals surface area contributed by atoms with Crippen molar-refractivity contribution >= 4 is 27.5 Å². The highest BCUT2D eigenvalue weighted by Gasteiger charge is 2.60. The number of carbonyl (C=O) groups is 1. The van der Waals surface area contributed by atoms with Crippen LogP contribution in [0.2, 0.25) is 0 Å². The van der Waals surface area contributed by atoms with Crippen LogP contribution in [0.3, 0.4) is 0 Å². The molecule has 1 spiro atoms. The van der Waals surface area contributed by atoms with Gasteiger partial charge in [0.05, 0.1) is 21.8 Å². The van der Waals surface area contributed by atoms with Gasteiger partial charge in [0.25, 0.3) is 5.91 Å². The van der Waals surface area contributed by atoms with E-state index in [0.29, 0.717) is 17.5 Å². The first kappa shape index (κ1) is 13.0. The lowest BCUT2D eigenvalue weighted by Crippen LogP contribution is -2.65. The van der Waals surface area contributed by atoms with E-state index >= 15 is 0 Å². The molecule has 5 heteroatoms. The molecular weight excluding hydrogens is 294 g/mol. The van der Waals surface area contributed by atoms with Crippen LogP contribution in [0.5, 0.6) is 0 Å². The molecule has 4 heterocycles. The first-order valence-electron chi connectivity index (χ1n) is 8.15. The van der Waals surface area contributed by atoms with E-state index in [2.05, 4.69) is 15.2 Å². The van der Waals surface area contributed by atoms with Crippen molar-refractivity contribution in [2.24, 2.45) is 5.92 Å². The number of amides is 1. The van der Waals surface area contributed by atoms with E-state index in [1.165, 1.54) is 38.8 Å². The molecule has 22 heavy (non-hydrogen) atoms. The zero-order valence-electron chi connectivity index (χ0n) is 12.4. The van der Waals surface area contributed by atoms with Gasteiger partial charge in [0.1, 0.15) is 0 Å². The van der Waals surface area contributed by atoms with Crippen LogP contribution in [0.25, 0.3) is 10.2 Å². The summed E-state index contributed by atoms with van der Waals surface area (Å²) >= 11 is 1.61. The van der Waals surface area contributed by atoms with Crippen LogP contribution in [0.15, 0.2) is 23.7 Å². The molecule has 1 aromatic heterocycles. The zero-order valence-corrected chi connectivity index (χ0v) is 13.2. The summed E-state index contributed by atoms with van der Waals surface area (Å²) in [4.78, 5) is 19.7. The van der Waals surface area contributed by atoms with Crippen LogP contribution in [-0.4, -0.2) is 40.5 Å². The third-order valence-electron chi connectivity index (χ3n) is 5.86. The molecule has 3 saturated heterocycles. The Kier molecular flexibility index (Phi) is 2.68. The molecule has 1 aromatic carbocycles. The van der Waals surface area contributed by atoms with Crippen LogP contribution < -0.4 is 5.32 Å². The fraction of sp³-hybridized carbons (Fsp3) is 0.529. The molecule has 1 aliphatic carbocycles. The Morgan fingerprint density at radius 2 is 2.14 bits per heavy atom. The number of benzene rings is 1. The number of hydrogen-bond donors (Lipinski definition) is 1. The Morgan fingerprint density at radius 1 is 1.32 bits per heavy atom. The molecule has 114 valence electrons. The van der Waals surface area contributed by atoms with Crippen molar-refractivity contribution in [1.29, 1.82) is 0 Å². The van der Waals surface area contributed by atoms with E-state index in [1.807, 2.05) is 23.7 Å². The Hall–Kier alpha value is -1.46. The number of hydrogen-bond acceptors (Lipinski definition) is 4. The highest BCUT2D eigenvalue weighted by Crippen LogP contribution is 2.53. The van der Waals surface area contributed by atoms with Crippen LogP contribution in [0.1, 0.15) is 36.0 Å². The molecule has 1 saturated carbocycles. The highest BCUT2D eigenvalue weighted by molar-refractivity contribution is 7.16. The molecule has 0 radical (unpaired) electrons. The number of nitrogens with zero attached hydrogens (tertiary/aromatic N) is 2. The smallest absolute Gasteiger partial charge is 0.251 e. The van der Waals surface area contributed by atoms with Crippen LogP contribution >= 0.6 is 11.3 Å². The minimum atomic E-state index is 0.0694. The average molecular weight is 313 g/mol. The molecule has 1 N–H and O–H groups in total. The predicted octanol–water partition coefficient (Wildman–Crippen LogP) is 2.65. The number of rotatable bonds is 2. The minimum Gasteiger partial charge on any atom is -0.347 e. The second-order valence-electron chi connectivity index (χ2n) is 6.91. The Balaban J connectivity index is 1.42. The van der Waals surface area contributed by atoms with Gasteiger partial charge in [0, 0.05) is 11.1 Å². The fourth-order valence-corrected chi connectivity index (χ4v) is 5.20. The summed E-state index contributed by atoms with van der Waals surface area (Å²) in [5.74, 6) is 0.736. The molecule has 1 amide bonds. The summed E-state index contributed by atoms with van der Waals surface area (Å²) in [7, 11) is 0. The van der Waals surface area contributed by atoms with E-state index in [4.69, 9.17) is 0 Å². The van der Waals surface area contributed by atoms with E-state index in [1.54, 1.807) is 11.3 Å². The number of fused-ring (bicyclic) bond motifs is 3. The molecule has 4 fully saturated rings. The molecule has 3 aliphatic heterocycles. The molecule has 1 unspecified atom stereocenters. The van der Waals surface area contributed by atoms with Gasteiger partial charge < -0.3 is 5.32 Å². The third-order valence-corrected chi connectivity index (χ3v) is 6.67. The molecule has 4 nitrogen and oxygen atoms in total. The third kappa shape index (κ3) is 1.78. The number of thiazole rings is 1. The van der Waals surface area contributed by atoms with Gasteiger partial charge in [-0.3, -0.25) is 9.69 Å². The van der Waals surface area contributed by atoms with Crippen LogP contribution in [-0.2, 0) is 0 Å². The first-order chi connectivity index (χ1) is 10.8. The van der Waals surface area contributed by atoms with Gasteiger partial charge in [-0.2, -0.15) is 0 Å². The van der Waals surface area contributed by atoms with Crippen molar-refractivity contribution in [2.75, 3.05) is 13.1 Å². The van der Waals surface area contributed by atoms with Crippen molar-refractivity contribution in [3.63, 3.8) is 0 Å². The summed E-state index contributed by atoms with van der Waals surface area (Å²) in [6.07, 6.45) is 4.97. The van der Waals surface area contributed by atoms with Crippen LogP contribution in [0.4, 0.5) is 0 Å². The topological polar surface area (TPSA) is 45.2 Å². The van der Waals surface area contributed by atoms with Crippen LogP contribution in [0, 0.1) is 5.92 Å². The maximum absolute atomic E-state index is 12.7. The van der Waals surface area contributed by atoms with E-state index in [9.17, 15) is 4.79 Å². The van der Waals surface area contributed by atoms with Crippen molar-refractivity contribution in [3.05, 3.63) is 29.3 Å². The molecule has 2 bridgehead atoms. The van der Waals surface area contributed by atoms with Gasteiger partial charge in [-0.1, -0.05) is 0 Å². The monoisotopic (exact) mass is 313 g/mol. The fourth-order valence-electron chi connectivity index (χ4n) is 4.54. The van der Waals surface area contributed by atoms with Crippen molar-refractivity contribution in [2.45, 2.75) is 37.3 Å². The highest BCUT2D eigenvalue weighted by atomic mass is 32.1. The van der Waals surface area contributed by atoms with E-state index < -0.39 is 0 Å². The second kappa shape index (κ2) is 4.52. The lowest BCUT2D eigenvalue weighted by molar-refractivity contribution is -0.00144. The summed E-state index contributed by atoms with van der Waals surface area (Å²) < 4.78 is 1.14. The van der Waals surface area contributed by atoms with E-state index in [0.717, 1.165) is 15.8 Å². The summed E-state index contributed by atoms with van der Waals surface area (Å²) in [6.45, 7) is 2.45. The minimum absolute atomic E-state index is 0.0694.